The molecule has 1 aliphatic rings. The lowest BCUT2D eigenvalue weighted by atomic mass is 9.85. The van der Waals surface area contributed by atoms with Gasteiger partial charge in [-0.3, -0.25) is 0 Å². The summed E-state index contributed by atoms with van der Waals surface area (Å²) in [6, 6.07) is 9.44. The van der Waals surface area contributed by atoms with Crippen LogP contribution in [0.25, 0.3) is 0 Å². The molecule has 1 aliphatic heterocycles. The van der Waals surface area contributed by atoms with Gasteiger partial charge in [-0.2, -0.15) is 11.8 Å². The lowest BCUT2D eigenvalue weighted by Crippen LogP contribution is -2.34. The predicted molar refractivity (Wildman–Crippen MR) is 86.5 cm³/mol. The molecular weight excluding hydrogens is 250 g/mol. The molecule has 1 aromatic carbocycles. The van der Waals surface area contributed by atoms with Crippen molar-refractivity contribution in [1.82, 2.24) is 5.32 Å². The van der Waals surface area contributed by atoms with Crippen LogP contribution in [0.5, 0.6) is 0 Å². The van der Waals surface area contributed by atoms with Crippen molar-refractivity contribution in [2.24, 2.45) is 17.8 Å². The highest BCUT2D eigenvalue weighted by molar-refractivity contribution is 7.98. The summed E-state index contributed by atoms with van der Waals surface area (Å²) in [5.74, 6) is 4.64. The topological polar surface area (TPSA) is 12.0 Å². The maximum Gasteiger partial charge on any atom is 0.0415 e. The van der Waals surface area contributed by atoms with E-state index in [0.717, 1.165) is 24.3 Å². The molecule has 1 heterocycles. The summed E-state index contributed by atoms with van der Waals surface area (Å²) in [6.07, 6.45) is 0. The first-order valence-corrected chi connectivity index (χ1v) is 8.64. The number of benzene rings is 1. The molecule has 0 saturated carbocycles. The molecule has 1 nitrogen and oxygen atoms in total. The molecule has 0 aliphatic carbocycles. The van der Waals surface area contributed by atoms with Crippen LogP contribution in [-0.2, 0) is 5.75 Å². The van der Waals surface area contributed by atoms with Crippen molar-refractivity contribution in [2.45, 2.75) is 39.5 Å². The third kappa shape index (κ3) is 3.76. The van der Waals surface area contributed by atoms with Crippen LogP contribution in [0, 0.1) is 17.8 Å². The minimum Gasteiger partial charge on any atom is -0.309 e. The fourth-order valence-electron chi connectivity index (χ4n) is 3.07. The summed E-state index contributed by atoms with van der Waals surface area (Å²) in [5.41, 5.74) is 3.04. The number of thioether (sulfide) groups is 1. The van der Waals surface area contributed by atoms with Gasteiger partial charge < -0.3 is 5.32 Å². The number of rotatable bonds is 5. The van der Waals surface area contributed by atoms with Crippen molar-refractivity contribution in [3.05, 3.63) is 35.4 Å². The van der Waals surface area contributed by atoms with Gasteiger partial charge in [-0.25, -0.2) is 0 Å². The van der Waals surface area contributed by atoms with Crippen molar-refractivity contribution in [2.75, 3.05) is 12.3 Å². The monoisotopic (exact) mass is 277 g/mol. The quantitative estimate of drug-likeness (QED) is 0.851. The van der Waals surface area contributed by atoms with Gasteiger partial charge in [-0.15, -0.1) is 0 Å². The number of fused-ring (bicyclic) bond motifs is 1. The zero-order valence-corrected chi connectivity index (χ0v) is 13.5. The Hall–Kier alpha value is -0.470. The molecule has 1 atom stereocenters. The van der Waals surface area contributed by atoms with Gasteiger partial charge in [0, 0.05) is 17.5 Å². The average molecular weight is 277 g/mol. The molecule has 0 radical (unpaired) electrons. The van der Waals surface area contributed by atoms with Crippen LogP contribution in [0.3, 0.4) is 0 Å². The Balaban J connectivity index is 2.01. The third-order valence-corrected chi connectivity index (χ3v) is 5.37. The van der Waals surface area contributed by atoms with Crippen LogP contribution < -0.4 is 5.32 Å². The van der Waals surface area contributed by atoms with E-state index in [9.17, 15) is 0 Å². The number of hydrogen-bond acceptors (Lipinski definition) is 2. The highest BCUT2D eigenvalue weighted by Gasteiger charge is 2.23. The first kappa shape index (κ1) is 14.9. The second kappa shape index (κ2) is 6.81. The first-order valence-electron chi connectivity index (χ1n) is 7.48. The summed E-state index contributed by atoms with van der Waals surface area (Å²) < 4.78 is 0. The van der Waals surface area contributed by atoms with E-state index in [4.69, 9.17) is 0 Å². The molecule has 1 N–H and O–H groups in total. The fourth-order valence-corrected chi connectivity index (χ4v) is 4.20. The third-order valence-electron chi connectivity index (χ3n) is 4.29. The highest BCUT2D eigenvalue weighted by Crippen LogP contribution is 2.32. The van der Waals surface area contributed by atoms with E-state index in [2.05, 4.69) is 69.0 Å². The summed E-state index contributed by atoms with van der Waals surface area (Å²) >= 11 is 2.05. The van der Waals surface area contributed by atoms with Crippen molar-refractivity contribution < 1.29 is 0 Å². The SMILES string of the molecule is CC(C)C(CNC1CSCc2ccccc21)C(C)C. The van der Waals surface area contributed by atoms with Gasteiger partial charge in [-0.05, 0) is 35.4 Å². The van der Waals surface area contributed by atoms with Crippen LogP contribution >= 0.6 is 11.8 Å². The first-order chi connectivity index (χ1) is 9.09. The summed E-state index contributed by atoms with van der Waals surface area (Å²) in [5, 5.41) is 3.82. The fraction of sp³-hybridized carbons (Fsp3) is 0.647. The molecule has 0 fully saturated rings. The van der Waals surface area contributed by atoms with Crippen LogP contribution in [0.2, 0.25) is 0 Å². The van der Waals surface area contributed by atoms with Crippen molar-refractivity contribution in [3.8, 4) is 0 Å². The van der Waals surface area contributed by atoms with E-state index in [1.165, 1.54) is 22.6 Å². The van der Waals surface area contributed by atoms with Gasteiger partial charge in [0.15, 0.2) is 0 Å². The van der Waals surface area contributed by atoms with Gasteiger partial charge in [0.25, 0.3) is 0 Å². The molecule has 2 heteroatoms. The van der Waals surface area contributed by atoms with E-state index in [0.29, 0.717) is 6.04 Å². The Morgan fingerprint density at radius 2 is 1.84 bits per heavy atom. The molecular formula is C17H27NS. The Labute approximate surface area is 122 Å². The summed E-state index contributed by atoms with van der Waals surface area (Å²) in [7, 11) is 0. The molecule has 0 saturated heterocycles. The van der Waals surface area contributed by atoms with Crippen LogP contribution in [0.15, 0.2) is 24.3 Å². The number of hydrogen-bond donors (Lipinski definition) is 1. The predicted octanol–water partition coefficient (Wildman–Crippen LogP) is 4.49. The van der Waals surface area contributed by atoms with E-state index >= 15 is 0 Å². The lowest BCUT2D eigenvalue weighted by Gasteiger charge is -2.31. The van der Waals surface area contributed by atoms with E-state index in [-0.39, 0.29) is 0 Å². The van der Waals surface area contributed by atoms with E-state index in [1.807, 2.05) is 0 Å². The minimum atomic E-state index is 0.537. The van der Waals surface area contributed by atoms with Crippen LogP contribution in [0.4, 0.5) is 0 Å². The lowest BCUT2D eigenvalue weighted by molar-refractivity contribution is 0.268. The average Bonchev–Trinajstić information content (AvgIpc) is 2.38. The summed E-state index contributed by atoms with van der Waals surface area (Å²) in [6.45, 7) is 10.5. The normalized spacial score (nSPS) is 19.2. The van der Waals surface area contributed by atoms with Crippen LogP contribution in [0.1, 0.15) is 44.9 Å². The molecule has 0 spiro atoms. The highest BCUT2D eigenvalue weighted by atomic mass is 32.2. The number of nitrogens with one attached hydrogen (secondary N) is 1. The Kier molecular flexibility index (Phi) is 5.35. The standard InChI is InChI=1S/C17H27NS/c1-12(2)16(13(3)4)9-18-17-11-19-10-14-7-5-6-8-15(14)17/h5-8,12-13,16-18H,9-11H2,1-4H3. The molecule has 0 bridgehead atoms. The molecule has 1 unspecified atom stereocenters. The molecule has 2 rings (SSSR count). The zero-order chi connectivity index (χ0) is 13.8. The molecule has 0 amide bonds. The maximum absolute atomic E-state index is 3.82. The van der Waals surface area contributed by atoms with Gasteiger partial charge in [0.05, 0.1) is 0 Å². The minimum absolute atomic E-state index is 0.537. The van der Waals surface area contributed by atoms with E-state index < -0.39 is 0 Å². The van der Waals surface area contributed by atoms with E-state index in [1.54, 1.807) is 0 Å². The van der Waals surface area contributed by atoms with Crippen molar-refractivity contribution >= 4 is 11.8 Å². The summed E-state index contributed by atoms with van der Waals surface area (Å²) in [4.78, 5) is 0. The van der Waals surface area contributed by atoms with Gasteiger partial charge in [0.1, 0.15) is 0 Å². The molecule has 106 valence electrons. The molecule has 1 aromatic rings. The second-order valence-corrected chi connectivity index (χ2v) is 7.36. The Bertz CT molecular complexity index is 392. The zero-order valence-electron chi connectivity index (χ0n) is 12.6. The molecule has 0 aromatic heterocycles. The Morgan fingerprint density at radius 3 is 2.53 bits per heavy atom. The van der Waals surface area contributed by atoms with Gasteiger partial charge in [-0.1, -0.05) is 52.0 Å². The van der Waals surface area contributed by atoms with Crippen molar-refractivity contribution in [1.29, 1.82) is 0 Å². The van der Waals surface area contributed by atoms with Crippen molar-refractivity contribution in [3.63, 3.8) is 0 Å². The van der Waals surface area contributed by atoms with Gasteiger partial charge in [0.2, 0.25) is 0 Å². The molecule has 19 heavy (non-hydrogen) atoms. The second-order valence-electron chi connectivity index (χ2n) is 6.33. The smallest absolute Gasteiger partial charge is 0.0415 e. The van der Waals surface area contributed by atoms with Gasteiger partial charge >= 0.3 is 0 Å². The van der Waals surface area contributed by atoms with Crippen LogP contribution in [-0.4, -0.2) is 12.3 Å². The largest absolute Gasteiger partial charge is 0.309 e. The Morgan fingerprint density at radius 1 is 1.16 bits per heavy atom. The maximum atomic E-state index is 3.82.